The molecular weight excluding hydrogens is 358 g/mol. The summed E-state index contributed by atoms with van der Waals surface area (Å²) in [6, 6.07) is 6.49. The SMILES string of the molecule is COc1ccc(NC(=O)c2cc(C)n(C3CCS(=O)(=O)C3)n2)c(OC)c1. The molecule has 0 bridgehead atoms. The van der Waals surface area contributed by atoms with Crippen molar-refractivity contribution in [3.05, 3.63) is 35.7 Å². The molecule has 1 N–H and O–H groups in total. The number of amides is 1. The molecule has 1 saturated heterocycles. The zero-order valence-corrected chi connectivity index (χ0v) is 15.7. The smallest absolute Gasteiger partial charge is 0.276 e. The number of methoxy groups -OCH3 is 2. The van der Waals surface area contributed by atoms with Crippen molar-refractivity contribution in [2.24, 2.45) is 0 Å². The molecule has 1 unspecified atom stereocenters. The van der Waals surface area contributed by atoms with Crippen LogP contribution >= 0.6 is 0 Å². The van der Waals surface area contributed by atoms with Crippen molar-refractivity contribution < 1.29 is 22.7 Å². The molecule has 0 saturated carbocycles. The van der Waals surface area contributed by atoms with E-state index in [9.17, 15) is 13.2 Å². The molecule has 9 heteroatoms. The first-order valence-electron chi connectivity index (χ1n) is 8.13. The zero-order chi connectivity index (χ0) is 18.9. The van der Waals surface area contributed by atoms with Crippen molar-refractivity contribution in [3.63, 3.8) is 0 Å². The Morgan fingerprint density at radius 2 is 2.04 bits per heavy atom. The number of rotatable bonds is 5. The molecule has 140 valence electrons. The topological polar surface area (TPSA) is 99.5 Å². The lowest BCUT2D eigenvalue weighted by molar-refractivity contribution is 0.102. The Morgan fingerprint density at radius 1 is 1.27 bits per heavy atom. The highest BCUT2D eigenvalue weighted by atomic mass is 32.2. The Balaban J connectivity index is 1.80. The molecule has 1 aliphatic heterocycles. The summed E-state index contributed by atoms with van der Waals surface area (Å²) in [5.74, 6) is 0.902. The Bertz CT molecular complexity index is 936. The molecule has 2 heterocycles. The maximum atomic E-state index is 12.6. The third-order valence-corrected chi connectivity index (χ3v) is 6.12. The van der Waals surface area contributed by atoms with Gasteiger partial charge < -0.3 is 14.8 Å². The number of hydrogen-bond donors (Lipinski definition) is 1. The van der Waals surface area contributed by atoms with Crippen LogP contribution in [-0.2, 0) is 9.84 Å². The highest BCUT2D eigenvalue weighted by molar-refractivity contribution is 7.91. The first kappa shape index (κ1) is 18.2. The van der Waals surface area contributed by atoms with E-state index in [-0.39, 0.29) is 23.2 Å². The molecule has 1 fully saturated rings. The third kappa shape index (κ3) is 3.67. The third-order valence-electron chi connectivity index (χ3n) is 4.37. The molecule has 1 aromatic heterocycles. The first-order chi connectivity index (χ1) is 12.3. The van der Waals surface area contributed by atoms with Gasteiger partial charge in [0, 0.05) is 11.8 Å². The van der Waals surface area contributed by atoms with Gasteiger partial charge in [-0.1, -0.05) is 0 Å². The quantitative estimate of drug-likeness (QED) is 0.851. The second-order valence-electron chi connectivity index (χ2n) is 6.19. The normalized spacial score (nSPS) is 18.5. The fourth-order valence-corrected chi connectivity index (χ4v) is 4.72. The number of ether oxygens (including phenoxy) is 2. The van der Waals surface area contributed by atoms with E-state index in [1.165, 1.54) is 7.11 Å². The number of aryl methyl sites for hydroxylation is 1. The maximum absolute atomic E-state index is 12.6. The lowest BCUT2D eigenvalue weighted by Gasteiger charge is -2.11. The monoisotopic (exact) mass is 379 g/mol. The van der Waals surface area contributed by atoms with Crippen LogP contribution in [0.15, 0.2) is 24.3 Å². The summed E-state index contributed by atoms with van der Waals surface area (Å²) in [7, 11) is 0.0258. The van der Waals surface area contributed by atoms with E-state index in [1.54, 1.807) is 36.1 Å². The second-order valence-corrected chi connectivity index (χ2v) is 8.42. The van der Waals surface area contributed by atoms with Gasteiger partial charge in [0.15, 0.2) is 15.5 Å². The number of benzene rings is 1. The lowest BCUT2D eigenvalue weighted by atomic mass is 10.2. The van der Waals surface area contributed by atoms with Crippen LogP contribution in [0.4, 0.5) is 5.69 Å². The van der Waals surface area contributed by atoms with Gasteiger partial charge in [-0.05, 0) is 31.5 Å². The first-order valence-corrected chi connectivity index (χ1v) is 9.95. The summed E-state index contributed by atoms with van der Waals surface area (Å²) in [4.78, 5) is 12.6. The highest BCUT2D eigenvalue weighted by Crippen LogP contribution is 2.30. The largest absolute Gasteiger partial charge is 0.497 e. The van der Waals surface area contributed by atoms with Crippen LogP contribution in [0.25, 0.3) is 0 Å². The standard InChI is InChI=1S/C17H21N3O5S/c1-11-8-15(19-20(11)12-6-7-26(22,23)10-12)17(21)18-14-5-4-13(24-2)9-16(14)25-3/h4-5,8-9,12H,6-7,10H2,1-3H3,(H,18,21). The van der Waals surface area contributed by atoms with Gasteiger partial charge in [-0.15, -0.1) is 0 Å². The lowest BCUT2D eigenvalue weighted by Crippen LogP contribution is -2.17. The van der Waals surface area contributed by atoms with E-state index in [1.807, 2.05) is 6.92 Å². The predicted octanol–water partition coefficient (Wildman–Crippen LogP) is 1.82. The van der Waals surface area contributed by atoms with Gasteiger partial charge in [0.1, 0.15) is 11.5 Å². The van der Waals surface area contributed by atoms with Crippen LogP contribution in [0.3, 0.4) is 0 Å². The minimum Gasteiger partial charge on any atom is -0.497 e. The Morgan fingerprint density at radius 3 is 2.65 bits per heavy atom. The van der Waals surface area contributed by atoms with Crippen molar-refractivity contribution in [2.75, 3.05) is 31.0 Å². The number of nitrogens with one attached hydrogen (secondary N) is 1. The number of hydrogen-bond acceptors (Lipinski definition) is 6. The van der Waals surface area contributed by atoms with Crippen LogP contribution in [0, 0.1) is 6.92 Å². The number of carbonyl (C=O) groups excluding carboxylic acids is 1. The summed E-state index contributed by atoms with van der Waals surface area (Å²) >= 11 is 0. The molecule has 1 amide bonds. The van der Waals surface area contributed by atoms with E-state index in [2.05, 4.69) is 10.4 Å². The fraction of sp³-hybridized carbons (Fsp3) is 0.412. The van der Waals surface area contributed by atoms with Crippen molar-refractivity contribution in [1.29, 1.82) is 0 Å². The summed E-state index contributed by atoms with van der Waals surface area (Å²) in [5, 5.41) is 7.08. The molecule has 3 rings (SSSR count). The Kier molecular flexibility index (Phi) is 4.90. The molecule has 1 atom stereocenters. The second kappa shape index (κ2) is 6.99. The van der Waals surface area contributed by atoms with Crippen LogP contribution in [-0.4, -0.2) is 49.8 Å². The van der Waals surface area contributed by atoms with E-state index < -0.39 is 15.7 Å². The molecule has 2 aromatic rings. The molecular formula is C17H21N3O5S. The Labute approximate surface area is 152 Å². The average molecular weight is 379 g/mol. The molecule has 0 radical (unpaired) electrons. The van der Waals surface area contributed by atoms with Crippen LogP contribution < -0.4 is 14.8 Å². The minimum atomic E-state index is -3.03. The summed E-state index contributed by atoms with van der Waals surface area (Å²) in [6.07, 6.45) is 0.512. The Hall–Kier alpha value is -2.55. The number of aromatic nitrogens is 2. The number of nitrogens with zero attached hydrogens (tertiary/aromatic N) is 2. The van der Waals surface area contributed by atoms with E-state index in [0.29, 0.717) is 23.6 Å². The molecule has 8 nitrogen and oxygen atoms in total. The minimum absolute atomic E-state index is 0.0584. The van der Waals surface area contributed by atoms with Gasteiger partial charge in [0.05, 0.1) is 37.5 Å². The molecule has 0 spiro atoms. The van der Waals surface area contributed by atoms with Gasteiger partial charge in [-0.3, -0.25) is 9.48 Å². The van der Waals surface area contributed by atoms with Gasteiger partial charge in [0.25, 0.3) is 5.91 Å². The average Bonchev–Trinajstić information content (AvgIpc) is 3.17. The summed E-state index contributed by atoms with van der Waals surface area (Å²) in [5.41, 5.74) is 1.47. The zero-order valence-electron chi connectivity index (χ0n) is 14.9. The van der Waals surface area contributed by atoms with Crippen LogP contribution in [0.1, 0.15) is 28.6 Å². The fourth-order valence-electron chi connectivity index (χ4n) is 3.02. The van der Waals surface area contributed by atoms with E-state index in [4.69, 9.17) is 9.47 Å². The molecule has 1 aromatic carbocycles. The molecule has 26 heavy (non-hydrogen) atoms. The molecule has 1 aliphatic rings. The van der Waals surface area contributed by atoms with Crippen molar-refractivity contribution in [1.82, 2.24) is 9.78 Å². The summed E-state index contributed by atoms with van der Waals surface area (Å²) < 4.78 is 35.4. The number of sulfone groups is 1. The predicted molar refractivity (Wildman–Crippen MR) is 96.8 cm³/mol. The van der Waals surface area contributed by atoms with Crippen LogP contribution in [0.2, 0.25) is 0 Å². The number of anilines is 1. The van der Waals surface area contributed by atoms with Gasteiger partial charge >= 0.3 is 0 Å². The summed E-state index contributed by atoms with van der Waals surface area (Å²) in [6.45, 7) is 1.81. The van der Waals surface area contributed by atoms with Crippen molar-refractivity contribution in [2.45, 2.75) is 19.4 Å². The van der Waals surface area contributed by atoms with E-state index in [0.717, 1.165) is 5.69 Å². The number of carbonyl (C=O) groups is 1. The maximum Gasteiger partial charge on any atom is 0.276 e. The van der Waals surface area contributed by atoms with Crippen LogP contribution in [0.5, 0.6) is 11.5 Å². The van der Waals surface area contributed by atoms with Gasteiger partial charge in [0.2, 0.25) is 0 Å². The van der Waals surface area contributed by atoms with Crippen molar-refractivity contribution >= 4 is 21.4 Å². The van der Waals surface area contributed by atoms with Gasteiger partial charge in [-0.2, -0.15) is 5.10 Å². The highest BCUT2D eigenvalue weighted by Gasteiger charge is 2.31. The molecule has 0 aliphatic carbocycles. The van der Waals surface area contributed by atoms with E-state index >= 15 is 0 Å². The van der Waals surface area contributed by atoms with Crippen molar-refractivity contribution in [3.8, 4) is 11.5 Å². The van der Waals surface area contributed by atoms with Gasteiger partial charge in [-0.25, -0.2) is 8.42 Å².